The Morgan fingerprint density at radius 2 is 1.80 bits per heavy atom. The van der Waals surface area contributed by atoms with Crippen LogP contribution in [0.4, 0.5) is 4.39 Å². The van der Waals surface area contributed by atoms with Gasteiger partial charge < -0.3 is 11.1 Å². The predicted molar refractivity (Wildman–Crippen MR) is 79.6 cm³/mol. The van der Waals surface area contributed by atoms with Crippen molar-refractivity contribution < 1.29 is 9.18 Å². The lowest BCUT2D eigenvalue weighted by Gasteiger charge is -2.07. The maximum atomic E-state index is 13.6. The second-order valence-corrected chi connectivity index (χ2v) is 5.24. The van der Waals surface area contributed by atoms with Gasteiger partial charge in [-0.3, -0.25) is 4.79 Å². The summed E-state index contributed by atoms with van der Waals surface area (Å²) in [4.78, 5) is 11.9. The first-order valence-corrected chi connectivity index (χ1v) is 6.90. The average Bonchev–Trinajstić information content (AvgIpc) is 2.45. The highest BCUT2D eigenvalue weighted by Gasteiger charge is 2.11. The number of hydrogen-bond acceptors (Lipinski definition) is 2. The summed E-state index contributed by atoms with van der Waals surface area (Å²) in [5.74, 6) is -0.978. The Kier molecular flexibility index (Phi) is 4.87. The molecule has 0 aliphatic rings. The Hall–Kier alpha value is -1.72. The highest BCUT2D eigenvalue weighted by atomic mass is 79.9. The molecule has 0 saturated heterocycles. The first-order chi connectivity index (χ1) is 9.60. The van der Waals surface area contributed by atoms with Gasteiger partial charge in [0, 0.05) is 17.6 Å². The quantitative estimate of drug-likeness (QED) is 0.901. The van der Waals surface area contributed by atoms with Crippen LogP contribution in [0.25, 0.3) is 0 Å². The van der Waals surface area contributed by atoms with E-state index >= 15 is 0 Å². The molecule has 1 amide bonds. The van der Waals surface area contributed by atoms with Gasteiger partial charge in [0.1, 0.15) is 5.82 Å². The van der Waals surface area contributed by atoms with Crippen molar-refractivity contribution in [3.05, 3.63) is 69.4 Å². The number of carbonyl (C=O) groups is 1. The fourth-order valence-corrected chi connectivity index (χ4v) is 2.08. The first kappa shape index (κ1) is 14.7. The van der Waals surface area contributed by atoms with Crippen molar-refractivity contribution in [1.82, 2.24) is 5.32 Å². The minimum Gasteiger partial charge on any atom is -0.348 e. The number of rotatable bonds is 4. The second kappa shape index (κ2) is 6.63. The lowest BCUT2D eigenvalue weighted by molar-refractivity contribution is 0.0947. The van der Waals surface area contributed by atoms with Gasteiger partial charge >= 0.3 is 0 Å². The number of hydrogen-bond donors (Lipinski definition) is 2. The molecule has 3 N–H and O–H groups in total. The van der Waals surface area contributed by atoms with E-state index in [2.05, 4.69) is 21.2 Å². The van der Waals surface area contributed by atoms with Crippen LogP contribution in [-0.2, 0) is 13.1 Å². The standard InChI is InChI=1S/C15H14BrFN2O/c16-12-5-6-13(14(17)7-12)15(20)19-9-11-3-1-10(8-18)2-4-11/h1-7H,8-9,18H2,(H,19,20). The predicted octanol–water partition coefficient (Wildman–Crippen LogP) is 2.98. The van der Waals surface area contributed by atoms with E-state index in [4.69, 9.17) is 5.73 Å². The van der Waals surface area contributed by atoms with Gasteiger partial charge in [-0.2, -0.15) is 0 Å². The maximum Gasteiger partial charge on any atom is 0.254 e. The van der Waals surface area contributed by atoms with Crippen LogP contribution in [0.2, 0.25) is 0 Å². The summed E-state index contributed by atoms with van der Waals surface area (Å²) in [6.07, 6.45) is 0. The lowest BCUT2D eigenvalue weighted by Crippen LogP contribution is -2.23. The smallest absolute Gasteiger partial charge is 0.254 e. The van der Waals surface area contributed by atoms with Gasteiger partial charge in [0.05, 0.1) is 5.56 Å². The molecule has 0 fully saturated rings. The van der Waals surface area contributed by atoms with E-state index in [-0.39, 0.29) is 5.56 Å². The second-order valence-electron chi connectivity index (χ2n) is 4.33. The number of nitrogens with one attached hydrogen (secondary N) is 1. The highest BCUT2D eigenvalue weighted by Crippen LogP contribution is 2.15. The number of halogens is 2. The Labute approximate surface area is 125 Å². The Morgan fingerprint density at radius 1 is 1.15 bits per heavy atom. The van der Waals surface area contributed by atoms with E-state index < -0.39 is 11.7 Å². The Balaban J connectivity index is 2.00. The summed E-state index contributed by atoms with van der Waals surface area (Å²) in [7, 11) is 0. The molecule has 5 heteroatoms. The zero-order valence-corrected chi connectivity index (χ0v) is 12.3. The molecule has 2 aromatic carbocycles. The molecule has 20 heavy (non-hydrogen) atoms. The molecule has 2 aromatic rings. The largest absolute Gasteiger partial charge is 0.348 e. The molecular formula is C15H14BrFN2O. The van der Waals surface area contributed by atoms with Crippen molar-refractivity contribution in [2.75, 3.05) is 0 Å². The van der Waals surface area contributed by atoms with E-state index in [1.165, 1.54) is 12.1 Å². The van der Waals surface area contributed by atoms with Crippen molar-refractivity contribution in [2.24, 2.45) is 5.73 Å². The van der Waals surface area contributed by atoms with Gasteiger partial charge in [-0.15, -0.1) is 0 Å². The fraction of sp³-hybridized carbons (Fsp3) is 0.133. The number of benzene rings is 2. The van der Waals surface area contributed by atoms with Crippen molar-refractivity contribution in [1.29, 1.82) is 0 Å². The van der Waals surface area contributed by atoms with Crippen LogP contribution in [0, 0.1) is 5.82 Å². The molecule has 104 valence electrons. The zero-order chi connectivity index (χ0) is 14.5. The molecule has 0 aromatic heterocycles. The normalized spacial score (nSPS) is 10.3. The summed E-state index contributed by atoms with van der Waals surface area (Å²) < 4.78 is 14.2. The number of amides is 1. The van der Waals surface area contributed by atoms with Crippen molar-refractivity contribution in [3.63, 3.8) is 0 Å². The van der Waals surface area contributed by atoms with Gasteiger partial charge in [-0.25, -0.2) is 4.39 Å². The average molecular weight is 337 g/mol. The van der Waals surface area contributed by atoms with Crippen LogP contribution in [0.1, 0.15) is 21.5 Å². The van der Waals surface area contributed by atoms with E-state index in [0.29, 0.717) is 17.6 Å². The van der Waals surface area contributed by atoms with Crippen LogP contribution < -0.4 is 11.1 Å². The number of carbonyl (C=O) groups excluding carboxylic acids is 1. The summed E-state index contributed by atoms with van der Waals surface area (Å²) in [6, 6.07) is 11.9. The van der Waals surface area contributed by atoms with E-state index in [1.807, 2.05) is 24.3 Å². The molecule has 0 unspecified atom stereocenters. The topological polar surface area (TPSA) is 55.1 Å². The minimum absolute atomic E-state index is 0.0341. The van der Waals surface area contributed by atoms with Crippen molar-refractivity contribution in [3.8, 4) is 0 Å². The van der Waals surface area contributed by atoms with Crippen LogP contribution in [-0.4, -0.2) is 5.91 Å². The number of nitrogens with two attached hydrogens (primary N) is 1. The SMILES string of the molecule is NCc1ccc(CNC(=O)c2ccc(Br)cc2F)cc1. The first-order valence-electron chi connectivity index (χ1n) is 6.11. The van der Waals surface area contributed by atoms with Crippen LogP contribution in [0.15, 0.2) is 46.9 Å². The molecule has 3 nitrogen and oxygen atoms in total. The summed E-state index contributed by atoms with van der Waals surface area (Å²) in [5, 5.41) is 2.69. The molecule has 0 heterocycles. The molecule has 0 spiro atoms. The van der Waals surface area contributed by atoms with Gasteiger partial charge in [0.15, 0.2) is 0 Å². The third-order valence-corrected chi connectivity index (χ3v) is 3.38. The van der Waals surface area contributed by atoms with Crippen LogP contribution in [0.5, 0.6) is 0 Å². The molecule has 0 atom stereocenters. The molecule has 0 bridgehead atoms. The summed E-state index contributed by atoms with van der Waals surface area (Å²) >= 11 is 3.15. The summed E-state index contributed by atoms with van der Waals surface area (Å²) in [5.41, 5.74) is 7.51. The third-order valence-electron chi connectivity index (χ3n) is 2.89. The van der Waals surface area contributed by atoms with Crippen molar-refractivity contribution in [2.45, 2.75) is 13.1 Å². The fourth-order valence-electron chi connectivity index (χ4n) is 1.74. The van der Waals surface area contributed by atoms with Crippen LogP contribution in [0.3, 0.4) is 0 Å². The van der Waals surface area contributed by atoms with Gasteiger partial charge in [0.2, 0.25) is 0 Å². The molecule has 2 rings (SSSR count). The third kappa shape index (κ3) is 3.65. The summed E-state index contributed by atoms with van der Waals surface area (Å²) in [6.45, 7) is 0.829. The van der Waals surface area contributed by atoms with Gasteiger partial charge in [-0.1, -0.05) is 40.2 Å². The molecule has 0 aliphatic heterocycles. The van der Waals surface area contributed by atoms with Crippen molar-refractivity contribution >= 4 is 21.8 Å². The molecule has 0 saturated carbocycles. The van der Waals surface area contributed by atoms with E-state index in [1.54, 1.807) is 6.07 Å². The van der Waals surface area contributed by atoms with Gasteiger partial charge in [-0.05, 0) is 29.3 Å². The van der Waals surface area contributed by atoms with E-state index in [0.717, 1.165) is 11.1 Å². The maximum absolute atomic E-state index is 13.6. The monoisotopic (exact) mass is 336 g/mol. The Bertz CT molecular complexity index is 614. The molecular weight excluding hydrogens is 323 g/mol. The van der Waals surface area contributed by atoms with E-state index in [9.17, 15) is 9.18 Å². The molecule has 0 radical (unpaired) electrons. The zero-order valence-electron chi connectivity index (χ0n) is 10.7. The van der Waals surface area contributed by atoms with Crippen LogP contribution >= 0.6 is 15.9 Å². The Morgan fingerprint density at radius 3 is 2.40 bits per heavy atom. The minimum atomic E-state index is -0.546. The molecule has 0 aliphatic carbocycles. The highest BCUT2D eigenvalue weighted by molar-refractivity contribution is 9.10. The lowest BCUT2D eigenvalue weighted by atomic mass is 10.1. The van der Waals surface area contributed by atoms with Gasteiger partial charge in [0.25, 0.3) is 5.91 Å².